The number of nitrogens with two attached hydrogens (primary N) is 1. The highest BCUT2D eigenvalue weighted by Gasteiger charge is 2.31. The van der Waals surface area contributed by atoms with Crippen LogP contribution in [0.1, 0.15) is 24.3 Å². The fourth-order valence-corrected chi connectivity index (χ4v) is 3.31. The van der Waals surface area contributed by atoms with Gasteiger partial charge in [0.1, 0.15) is 5.69 Å². The van der Waals surface area contributed by atoms with Crippen LogP contribution in [0, 0.1) is 0 Å². The van der Waals surface area contributed by atoms with Gasteiger partial charge in [0.15, 0.2) is 0 Å². The lowest BCUT2D eigenvalue weighted by Crippen LogP contribution is -2.36. The van der Waals surface area contributed by atoms with E-state index in [1.807, 2.05) is 36.9 Å². The number of benzene rings is 1. The molecule has 6 nitrogen and oxygen atoms in total. The van der Waals surface area contributed by atoms with Crippen LogP contribution in [0.5, 0.6) is 0 Å². The van der Waals surface area contributed by atoms with E-state index < -0.39 is 5.91 Å². The van der Waals surface area contributed by atoms with Crippen molar-refractivity contribution in [2.75, 3.05) is 18.0 Å². The molecule has 2 N–H and O–H groups in total. The van der Waals surface area contributed by atoms with Crippen molar-refractivity contribution < 1.29 is 9.59 Å². The molecule has 1 aliphatic heterocycles. The minimum Gasteiger partial charge on any atom is -0.364 e. The minimum atomic E-state index is -0.546. The first-order valence-corrected chi connectivity index (χ1v) is 7.53. The Hall–Kier alpha value is -2.15. The Bertz CT molecular complexity index is 725. The van der Waals surface area contributed by atoms with Gasteiger partial charge in [-0.15, -0.1) is 0 Å². The van der Waals surface area contributed by atoms with Gasteiger partial charge in [-0.05, 0) is 43.6 Å². The lowest BCUT2D eigenvalue weighted by atomic mass is 10.2. The number of carbonyl (C=O) groups is 2. The molecule has 21 heavy (non-hydrogen) atoms. The molecule has 1 aromatic heterocycles. The van der Waals surface area contributed by atoms with Crippen molar-refractivity contribution in [3.05, 3.63) is 23.9 Å². The molecule has 0 unspecified atom stereocenters. The summed E-state index contributed by atoms with van der Waals surface area (Å²) in [4.78, 5) is 27.3. The Labute approximate surface area is 126 Å². The van der Waals surface area contributed by atoms with Crippen molar-refractivity contribution in [2.45, 2.75) is 19.9 Å². The number of nitrogens with zero attached hydrogens (tertiary/aromatic N) is 3. The maximum atomic E-state index is 12.4. The molecule has 0 aliphatic carbocycles. The van der Waals surface area contributed by atoms with Crippen molar-refractivity contribution in [1.29, 1.82) is 0 Å². The summed E-state index contributed by atoms with van der Waals surface area (Å²) in [5.41, 5.74) is 6.38. The van der Waals surface area contributed by atoms with Gasteiger partial charge in [-0.1, -0.05) is 0 Å². The van der Waals surface area contributed by atoms with Crippen LogP contribution in [0.15, 0.2) is 18.2 Å². The number of amides is 3. The fraction of sp³-hybridized carbons (Fsp3) is 0.357. The molecule has 1 saturated heterocycles. The second kappa shape index (κ2) is 5.00. The van der Waals surface area contributed by atoms with E-state index >= 15 is 0 Å². The molecule has 0 spiro atoms. The van der Waals surface area contributed by atoms with E-state index in [4.69, 9.17) is 5.73 Å². The first-order valence-electron chi connectivity index (χ1n) is 6.76. The van der Waals surface area contributed by atoms with Crippen molar-refractivity contribution in [1.82, 2.24) is 9.27 Å². The number of rotatable bonds is 3. The summed E-state index contributed by atoms with van der Waals surface area (Å²) >= 11 is 1.24. The average Bonchev–Trinajstić information content (AvgIpc) is 3.01. The highest BCUT2D eigenvalue weighted by molar-refractivity contribution is 7.13. The molecule has 2 aromatic rings. The molecular weight excluding hydrogens is 288 g/mol. The molecule has 0 bridgehead atoms. The molecule has 0 atom stereocenters. The highest BCUT2D eigenvalue weighted by Crippen LogP contribution is 2.29. The van der Waals surface area contributed by atoms with Gasteiger partial charge in [-0.2, -0.15) is 4.37 Å². The van der Waals surface area contributed by atoms with Crippen LogP contribution in [0.4, 0.5) is 10.5 Å². The van der Waals surface area contributed by atoms with Crippen LogP contribution in [0.25, 0.3) is 10.1 Å². The van der Waals surface area contributed by atoms with Crippen LogP contribution in [0.2, 0.25) is 0 Å². The molecule has 1 aliphatic rings. The summed E-state index contributed by atoms with van der Waals surface area (Å²) in [5.74, 6) is -0.546. The monoisotopic (exact) mass is 304 g/mol. The third-order valence-electron chi connectivity index (χ3n) is 3.66. The van der Waals surface area contributed by atoms with E-state index in [0.717, 1.165) is 10.4 Å². The second-order valence-electron chi connectivity index (χ2n) is 5.30. The van der Waals surface area contributed by atoms with E-state index in [9.17, 15) is 9.59 Å². The lowest BCUT2D eigenvalue weighted by molar-refractivity contribution is 0.0998. The van der Waals surface area contributed by atoms with Crippen molar-refractivity contribution in [2.24, 2.45) is 5.73 Å². The molecule has 1 aromatic carbocycles. The first-order chi connectivity index (χ1) is 9.99. The molecule has 3 amide bonds. The van der Waals surface area contributed by atoms with Gasteiger partial charge in [-0.3, -0.25) is 9.69 Å². The lowest BCUT2D eigenvalue weighted by Gasteiger charge is -2.21. The average molecular weight is 304 g/mol. The molecule has 2 heterocycles. The molecule has 0 radical (unpaired) electrons. The van der Waals surface area contributed by atoms with Crippen LogP contribution in [-0.2, 0) is 0 Å². The standard InChI is InChI=1S/C14H16N4O2S/c1-8(2)17-5-6-18(14(17)20)9-3-4-11-10(7-9)12(13(15)19)16-21-11/h3-4,7-8H,5-6H2,1-2H3,(H2,15,19). The maximum absolute atomic E-state index is 12.4. The summed E-state index contributed by atoms with van der Waals surface area (Å²) in [6.45, 7) is 5.35. The van der Waals surface area contributed by atoms with E-state index in [1.165, 1.54) is 11.5 Å². The van der Waals surface area contributed by atoms with Crippen molar-refractivity contribution in [3.63, 3.8) is 0 Å². The first kappa shape index (κ1) is 13.8. The Morgan fingerprint density at radius 1 is 1.38 bits per heavy atom. The molecule has 7 heteroatoms. The van der Waals surface area contributed by atoms with E-state index in [-0.39, 0.29) is 17.8 Å². The number of fused-ring (bicyclic) bond motifs is 1. The summed E-state index contributed by atoms with van der Waals surface area (Å²) in [6, 6.07) is 5.75. The van der Waals surface area contributed by atoms with Crippen LogP contribution in [-0.4, -0.2) is 40.3 Å². The molecule has 110 valence electrons. The summed E-state index contributed by atoms with van der Waals surface area (Å²) in [6.07, 6.45) is 0. The zero-order valence-corrected chi connectivity index (χ0v) is 12.7. The Morgan fingerprint density at radius 2 is 2.14 bits per heavy atom. The van der Waals surface area contributed by atoms with Gasteiger partial charge in [0.2, 0.25) is 0 Å². The zero-order valence-electron chi connectivity index (χ0n) is 11.9. The van der Waals surface area contributed by atoms with Gasteiger partial charge in [0.05, 0.1) is 4.70 Å². The molecule has 3 rings (SSSR count). The van der Waals surface area contributed by atoms with Gasteiger partial charge in [0, 0.05) is 30.2 Å². The van der Waals surface area contributed by atoms with Gasteiger partial charge < -0.3 is 10.6 Å². The van der Waals surface area contributed by atoms with E-state index in [2.05, 4.69) is 4.37 Å². The zero-order chi connectivity index (χ0) is 15.1. The Balaban J connectivity index is 2.00. The topological polar surface area (TPSA) is 79.5 Å². The molecule has 1 fully saturated rings. The second-order valence-corrected chi connectivity index (χ2v) is 6.10. The van der Waals surface area contributed by atoms with Gasteiger partial charge in [0.25, 0.3) is 5.91 Å². The number of hydrogen-bond donors (Lipinski definition) is 1. The largest absolute Gasteiger partial charge is 0.364 e. The number of urea groups is 1. The summed E-state index contributed by atoms with van der Waals surface area (Å²) in [7, 11) is 0. The smallest absolute Gasteiger partial charge is 0.324 e. The SMILES string of the molecule is CC(C)N1CCN(c2ccc3snc(C(N)=O)c3c2)C1=O. The van der Waals surface area contributed by atoms with Gasteiger partial charge in [-0.25, -0.2) is 4.79 Å². The number of aromatic nitrogens is 1. The predicted octanol–water partition coefficient (Wildman–Crippen LogP) is 2.05. The van der Waals surface area contributed by atoms with Gasteiger partial charge >= 0.3 is 6.03 Å². The quantitative estimate of drug-likeness (QED) is 0.942. The maximum Gasteiger partial charge on any atom is 0.324 e. The van der Waals surface area contributed by atoms with Crippen LogP contribution < -0.4 is 10.6 Å². The summed E-state index contributed by atoms with van der Waals surface area (Å²) in [5, 5.41) is 0.709. The summed E-state index contributed by atoms with van der Waals surface area (Å²) < 4.78 is 4.97. The van der Waals surface area contributed by atoms with Crippen molar-refractivity contribution in [3.8, 4) is 0 Å². The van der Waals surface area contributed by atoms with Crippen LogP contribution >= 0.6 is 11.5 Å². The highest BCUT2D eigenvalue weighted by atomic mass is 32.1. The Morgan fingerprint density at radius 3 is 2.76 bits per heavy atom. The fourth-order valence-electron chi connectivity index (χ4n) is 2.54. The number of anilines is 1. The number of hydrogen-bond acceptors (Lipinski definition) is 4. The number of primary amides is 1. The third kappa shape index (κ3) is 2.23. The molecule has 0 saturated carbocycles. The Kier molecular flexibility index (Phi) is 3.29. The van der Waals surface area contributed by atoms with E-state index in [1.54, 1.807) is 4.90 Å². The minimum absolute atomic E-state index is 0.00633. The third-order valence-corrected chi connectivity index (χ3v) is 4.49. The van der Waals surface area contributed by atoms with Crippen molar-refractivity contribution >= 4 is 39.2 Å². The van der Waals surface area contributed by atoms with E-state index in [0.29, 0.717) is 18.5 Å². The molecular formula is C14H16N4O2S. The predicted molar refractivity (Wildman–Crippen MR) is 82.7 cm³/mol. The normalized spacial score (nSPS) is 15.5. The number of carbonyl (C=O) groups excluding carboxylic acids is 2. The van der Waals surface area contributed by atoms with Crippen LogP contribution in [0.3, 0.4) is 0 Å².